The molecule has 0 amide bonds. The van der Waals surface area contributed by atoms with Crippen LogP contribution in [0.4, 0.5) is 0 Å². The zero-order chi connectivity index (χ0) is 13.2. The highest BCUT2D eigenvalue weighted by Gasteiger charge is 2.34. The quantitative estimate of drug-likeness (QED) is 0.908. The second kappa shape index (κ2) is 5.51. The molecule has 0 bridgehead atoms. The molecular weight excluding hydrogens is 236 g/mol. The maximum absolute atomic E-state index is 6.05. The van der Waals surface area contributed by atoms with Crippen LogP contribution in [0.5, 0.6) is 5.75 Å². The van der Waals surface area contributed by atoms with Crippen molar-refractivity contribution >= 4 is 0 Å². The molecule has 3 heteroatoms. The van der Waals surface area contributed by atoms with Crippen molar-refractivity contribution in [3.63, 3.8) is 0 Å². The predicted molar refractivity (Wildman–Crippen MR) is 77.2 cm³/mol. The first-order chi connectivity index (χ1) is 9.33. The van der Waals surface area contributed by atoms with E-state index >= 15 is 0 Å². The SMILES string of the molecule is COc1ccc2c(c1)C(CN)N(C1CCCCC1)C2. The van der Waals surface area contributed by atoms with Gasteiger partial charge in [-0.15, -0.1) is 0 Å². The van der Waals surface area contributed by atoms with Crippen molar-refractivity contribution in [2.75, 3.05) is 13.7 Å². The van der Waals surface area contributed by atoms with Gasteiger partial charge >= 0.3 is 0 Å². The van der Waals surface area contributed by atoms with Crippen molar-refractivity contribution in [2.24, 2.45) is 5.73 Å². The van der Waals surface area contributed by atoms with Crippen molar-refractivity contribution < 1.29 is 4.74 Å². The first kappa shape index (κ1) is 12.9. The lowest BCUT2D eigenvalue weighted by Crippen LogP contribution is -2.38. The minimum atomic E-state index is 0.383. The van der Waals surface area contributed by atoms with E-state index in [2.05, 4.69) is 23.1 Å². The van der Waals surface area contributed by atoms with E-state index in [1.807, 2.05) is 0 Å². The summed E-state index contributed by atoms with van der Waals surface area (Å²) in [5, 5.41) is 0. The number of benzene rings is 1. The summed E-state index contributed by atoms with van der Waals surface area (Å²) in [7, 11) is 1.73. The van der Waals surface area contributed by atoms with Gasteiger partial charge in [-0.05, 0) is 36.1 Å². The summed E-state index contributed by atoms with van der Waals surface area (Å²) in [6.07, 6.45) is 6.82. The Morgan fingerprint density at radius 2 is 2.05 bits per heavy atom. The molecule has 1 aromatic carbocycles. The first-order valence-electron chi connectivity index (χ1n) is 7.46. The van der Waals surface area contributed by atoms with E-state index in [9.17, 15) is 0 Å². The number of nitrogens with two attached hydrogens (primary N) is 1. The van der Waals surface area contributed by atoms with Gasteiger partial charge in [-0.1, -0.05) is 25.3 Å². The summed E-state index contributed by atoms with van der Waals surface area (Å²) in [6.45, 7) is 1.77. The third-order valence-electron chi connectivity index (χ3n) is 4.73. The molecule has 0 aromatic heterocycles. The van der Waals surface area contributed by atoms with Crippen molar-refractivity contribution in [3.05, 3.63) is 29.3 Å². The molecule has 0 saturated heterocycles. The molecule has 1 aliphatic heterocycles. The molecule has 1 aromatic rings. The van der Waals surface area contributed by atoms with Gasteiger partial charge in [-0.25, -0.2) is 0 Å². The summed E-state index contributed by atoms with van der Waals surface area (Å²) >= 11 is 0. The van der Waals surface area contributed by atoms with Crippen molar-refractivity contribution in [2.45, 2.75) is 50.7 Å². The maximum Gasteiger partial charge on any atom is 0.119 e. The summed E-state index contributed by atoms with van der Waals surface area (Å²) < 4.78 is 5.35. The highest BCUT2D eigenvalue weighted by Crippen LogP contribution is 2.39. The number of fused-ring (bicyclic) bond motifs is 1. The molecule has 1 aliphatic carbocycles. The molecule has 1 fully saturated rings. The zero-order valence-electron chi connectivity index (χ0n) is 11.8. The lowest BCUT2D eigenvalue weighted by Gasteiger charge is -2.35. The Bertz CT molecular complexity index is 440. The van der Waals surface area contributed by atoms with Crippen LogP contribution in [0.1, 0.15) is 49.3 Å². The number of ether oxygens (including phenoxy) is 1. The number of hydrogen-bond donors (Lipinski definition) is 1. The molecule has 19 heavy (non-hydrogen) atoms. The average Bonchev–Trinajstić information content (AvgIpc) is 2.85. The monoisotopic (exact) mass is 260 g/mol. The summed E-state index contributed by atoms with van der Waals surface area (Å²) in [5.41, 5.74) is 8.87. The van der Waals surface area contributed by atoms with Gasteiger partial charge in [0.25, 0.3) is 0 Å². The van der Waals surface area contributed by atoms with Crippen LogP contribution in [-0.4, -0.2) is 24.6 Å². The Morgan fingerprint density at radius 3 is 2.74 bits per heavy atom. The Hall–Kier alpha value is -1.06. The second-order valence-electron chi connectivity index (χ2n) is 5.78. The molecule has 3 rings (SSSR count). The fraction of sp³-hybridized carbons (Fsp3) is 0.625. The molecule has 0 radical (unpaired) electrons. The van der Waals surface area contributed by atoms with Crippen LogP contribution in [0.3, 0.4) is 0 Å². The first-order valence-corrected chi connectivity index (χ1v) is 7.46. The van der Waals surface area contributed by atoms with E-state index < -0.39 is 0 Å². The normalized spacial score (nSPS) is 24.4. The van der Waals surface area contributed by atoms with Gasteiger partial charge in [0, 0.05) is 25.2 Å². The fourth-order valence-corrected chi connectivity index (χ4v) is 3.70. The predicted octanol–water partition coefficient (Wildman–Crippen LogP) is 2.84. The molecule has 1 saturated carbocycles. The van der Waals surface area contributed by atoms with Gasteiger partial charge in [0.15, 0.2) is 0 Å². The van der Waals surface area contributed by atoms with Gasteiger partial charge < -0.3 is 10.5 Å². The van der Waals surface area contributed by atoms with Crippen LogP contribution in [0.25, 0.3) is 0 Å². The highest BCUT2D eigenvalue weighted by molar-refractivity contribution is 5.41. The molecule has 104 valence electrons. The van der Waals surface area contributed by atoms with Crippen molar-refractivity contribution in [1.29, 1.82) is 0 Å². The molecule has 3 nitrogen and oxygen atoms in total. The standard InChI is InChI=1S/C16H24N2O/c1-19-14-8-7-12-11-18(13-5-3-2-4-6-13)16(10-17)15(12)9-14/h7-9,13,16H,2-6,10-11,17H2,1H3. The van der Waals surface area contributed by atoms with Gasteiger partial charge in [0.1, 0.15) is 5.75 Å². The van der Waals surface area contributed by atoms with E-state index in [4.69, 9.17) is 10.5 Å². The largest absolute Gasteiger partial charge is 0.497 e. The van der Waals surface area contributed by atoms with E-state index in [1.54, 1.807) is 7.11 Å². The lowest BCUT2D eigenvalue weighted by molar-refractivity contribution is 0.117. The molecule has 1 atom stereocenters. The van der Waals surface area contributed by atoms with Crippen LogP contribution in [0.15, 0.2) is 18.2 Å². The number of methoxy groups -OCH3 is 1. The van der Waals surface area contributed by atoms with Gasteiger partial charge in [0.2, 0.25) is 0 Å². The average molecular weight is 260 g/mol. The maximum atomic E-state index is 6.05. The number of nitrogens with zero attached hydrogens (tertiary/aromatic N) is 1. The molecular formula is C16H24N2O. The Labute approximate surface area is 115 Å². The lowest BCUT2D eigenvalue weighted by atomic mass is 9.93. The van der Waals surface area contributed by atoms with Crippen LogP contribution < -0.4 is 10.5 Å². The van der Waals surface area contributed by atoms with Crippen molar-refractivity contribution in [1.82, 2.24) is 4.90 Å². The molecule has 2 aliphatic rings. The Morgan fingerprint density at radius 1 is 1.26 bits per heavy atom. The van der Waals surface area contributed by atoms with Gasteiger partial charge in [-0.2, -0.15) is 0 Å². The van der Waals surface area contributed by atoms with Crippen LogP contribution in [-0.2, 0) is 6.54 Å². The summed E-state index contributed by atoms with van der Waals surface area (Å²) in [4.78, 5) is 2.63. The second-order valence-corrected chi connectivity index (χ2v) is 5.78. The number of rotatable bonds is 3. The Balaban J connectivity index is 1.85. The molecule has 1 unspecified atom stereocenters. The van der Waals surface area contributed by atoms with Crippen LogP contribution in [0.2, 0.25) is 0 Å². The minimum Gasteiger partial charge on any atom is -0.497 e. The van der Waals surface area contributed by atoms with Crippen LogP contribution in [0, 0.1) is 0 Å². The Kier molecular flexibility index (Phi) is 3.76. The third kappa shape index (κ3) is 2.37. The van der Waals surface area contributed by atoms with Crippen LogP contribution >= 0.6 is 0 Å². The minimum absolute atomic E-state index is 0.383. The summed E-state index contributed by atoms with van der Waals surface area (Å²) in [6, 6.07) is 7.56. The fourth-order valence-electron chi connectivity index (χ4n) is 3.70. The summed E-state index contributed by atoms with van der Waals surface area (Å²) in [5.74, 6) is 0.947. The zero-order valence-corrected chi connectivity index (χ0v) is 11.8. The van der Waals surface area contributed by atoms with E-state index in [0.717, 1.165) is 18.3 Å². The molecule has 2 N–H and O–H groups in total. The number of hydrogen-bond acceptors (Lipinski definition) is 3. The topological polar surface area (TPSA) is 38.5 Å². The third-order valence-corrected chi connectivity index (χ3v) is 4.73. The van der Waals surface area contributed by atoms with Gasteiger partial charge in [-0.3, -0.25) is 4.90 Å². The molecule has 1 heterocycles. The van der Waals surface area contributed by atoms with Crippen molar-refractivity contribution in [3.8, 4) is 5.75 Å². The smallest absolute Gasteiger partial charge is 0.119 e. The van der Waals surface area contributed by atoms with E-state index in [-0.39, 0.29) is 0 Å². The van der Waals surface area contributed by atoms with E-state index in [1.165, 1.54) is 43.2 Å². The highest BCUT2D eigenvalue weighted by atomic mass is 16.5. The van der Waals surface area contributed by atoms with Gasteiger partial charge in [0.05, 0.1) is 7.11 Å². The van der Waals surface area contributed by atoms with E-state index in [0.29, 0.717) is 12.6 Å². The molecule has 0 spiro atoms.